The molecule has 2 heterocycles. The Morgan fingerprint density at radius 2 is 2.00 bits per heavy atom. The van der Waals surface area contributed by atoms with E-state index < -0.39 is 0 Å². The molecular formula is C20H21Cl2N3OS. The molecule has 0 aliphatic carbocycles. The van der Waals surface area contributed by atoms with Gasteiger partial charge in [0.2, 0.25) is 0 Å². The molecule has 1 aromatic carbocycles. The van der Waals surface area contributed by atoms with E-state index in [1.165, 1.54) is 0 Å². The predicted molar refractivity (Wildman–Crippen MR) is 113 cm³/mol. The van der Waals surface area contributed by atoms with Crippen LogP contribution in [0.1, 0.15) is 38.4 Å². The Hall–Kier alpha value is -1.74. The van der Waals surface area contributed by atoms with Crippen LogP contribution in [0.4, 0.5) is 5.13 Å². The van der Waals surface area contributed by atoms with E-state index in [-0.39, 0.29) is 17.4 Å². The molecule has 1 aromatic heterocycles. The Labute approximate surface area is 173 Å². The van der Waals surface area contributed by atoms with E-state index in [4.69, 9.17) is 28.2 Å². The van der Waals surface area contributed by atoms with Crippen LogP contribution in [-0.4, -0.2) is 30.0 Å². The number of carbonyl (C=O) groups excluding carboxylic acids is 1. The zero-order chi connectivity index (χ0) is 19.6. The molecule has 7 heteroatoms. The lowest BCUT2D eigenvalue weighted by Gasteiger charge is -2.17. The minimum Gasteiger partial charge on any atom is -0.346 e. The SMILES string of the molecule is CC(C)(C)c1csc(N2CCC(NC(=O)C#Cc3cc(Cl)cc(Cl)c3)C2)n1. The minimum absolute atomic E-state index is 0.0426. The number of carbonyl (C=O) groups is 1. The summed E-state index contributed by atoms with van der Waals surface area (Å²) in [5, 5.41) is 7.09. The summed E-state index contributed by atoms with van der Waals surface area (Å²) in [6.07, 6.45) is 0.876. The summed E-state index contributed by atoms with van der Waals surface area (Å²) in [7, 11) is 0. The first-order valence-electron chi connectivity index (χ1n) is 8.70. The second-order valence-electron chi connectivity index (χ2n) is 7.58. The first-order chi connectivity index (χ1) is 12.7. The third-order valence-corrected chi connectivity index (χ3v) is 5.58. The second kappa shape index (κ2) is 8.10. The van der Waals surface area contributed by atoms with Gasteiger partial charge >= 0.3 is 0 Å². The Kier molecular flexibility index (Phi) is 6.00. The van der Waals surface area contributed by atoms with E-state index in [9.17, 15) is 4.79 Å². The van der Waals surface area contributed by atoms with Gasteiger partial charge in [-0.15, -0.1) is 11.3 Å². The fourth-order valence-corrected chi connectivity index (χ4v) is 4.40. The molecule has 1 aliphatic heterocycles. The number of nitrogens with zero attached hydrogens (tertiary/aromatic N) is 2. The van der Waals surface area contributed by atoms with Crippen LogP contribution in [0, 0.1) is 11.8 Å². The molecule has 1 unspecified atom stereocenters. The number of amides is 1. The molecule has 1 N–H and O–H groups in total. The van der Waals surface area contributed by atoms with Crippen molar-refractivity contribution in [3.05, 3.63) is 44.9 Å². The molecule has 2 aromatic rings. The number of benzene rings is 1. The first kappa shape index (κ1) is 20.0. The maximum Gasteiger partial charge on any atom is 0.296 e. The fourth-order valence-electron chi connectivity index (χ4n) is 2.78. The van der Waals surface area contributed by atoms with Crippen molar-refractivity contribution in [1.29, 1.82) is 0 Å². The third-order valence-electron chi connectivity index (χ3n) is 4.24. The molecular weight excluding hydrogens is 401 g/mol. The van der Waals surface area contributed by atoms with Crippen molar-refractivity contribution in [2.24, 2.45) is 0 Å². The van der Waals surface area contributed by atoms with Gasteiger partial charge in [0.05, 0.1) is 5.69 Å². The van der Waals surface area contributed by atoms with Crippen LogP contribution in [0.15, 0.2) is 23.6 Å². The van der Waals surface area contributed by atoms with Gasteiger partial charge in [-0.05, 0) is 24.6 Å². The molecule has 4 nitrogen and oxygen atoms in total. The summed E-state index contributed by atoms with van der Waals surface area (Å²) in [6.45, 7) is 8.09. The van der Waals surface area contributed by atoms with E-state index in [0.717, 1.165) is 30.3 Å². The molecule has 0 bridgehead atoms. The monoisotopic (exact) mass is 421 g/mol. The van der Waals surface area contributed by atoms with E-state index >= 15 is 0 Å². The summed E-state index contributed by atoms with van der Waals surface area (Å²) < 4.78 is 0. The number of thiazole rings is 1. The maximum absolute atomic E-state index is 12.1. The Balaban J connectivity index is 1.58. The normalized spacial score (nSPS) is 16.8. The van der Waals surface area contributed by atoms with Gasteiger partial charge in [-0.2, -0.15) is 0 Å². The zero-order valence-corrected chi connectivity index (χ0v) is 17.8. The molecule has 142 valence electrons. The number of hydrogen-bond donors (Lipinski definition) is 1. The lowest BCUT2D eigenvalue weighted by atomic mass is 9.93. The van der Waals surface area contributed by atoms with Crippen molar-refractivity contribution in [1.82, 2.24) is 10.3 Å². The first-order valence-corrected chi connectivity index (χ1v) is 10.3. The molecule has 0 saturated carbocycles. The lowest BCUT2D eigenvalue weighted by Crippen LogP contribution is -2.36. The number of hydrogen-bond acceptors (Lipinski definition) is 4. The fraction of sp³-hybridized carbons (Fsp3) is 0.400. The van der Waals surface area contributed by atoms with Crippen LogP contribution in [0.25, 0.3) is 0 Å². The maximum atomic E-state index is 12.1. The number of nitrogens with one attached hydrogen (secondary N) is 1. The topological polar surface area (TPSA) is 45.2 Å². The Morgan fingerprint density at radius 3 is 2.63 bits per heavy atom. The molecule has 0 spiro atoms. The van der Waals surface area contributed by atoms with Crippen LogP contribution in [0.5, 0.6) is 0 Å². The van der Waals surface area contributed by atoms with E-state index in [1.54, 1.807) is 29.5 Å². The van der Waals surface area contributed by atoms with Crippen LogP contribution in [0.2, 0.25) is 10.0 Å². The zero-order valence-electron chi connectivity index (χ0n) is 15.5. The van der Waals surface area contributed by atoms with Gasteiger partial charge in [-0.1, -0.05) is 49.9 Å². The van der Waals surface area contributed by atoms with Crippen LogP contribution in [-0.2, 0) is 10.2 Å². The van der Waals surface area contributed by atoms with Gasteiger partial charge in [0.25, 0.3) is 5.91 Å². The quantitative estimate of drug-likeness (QED) is 0.726. The van der Waals surface area contributed by atoms with Gasteiger partial charge in [0.1, 0.15) is 0 Å². The highest BCUT2D eigenvalue weighted by Gasteiger charge is 2.27. The highest BCUT2D eigenvalue weighted by molar-refractivity contribution is 7.13. The van der Waals surface area contributed by atoms with Gasteiger partial charge in [0.15, 0.2) is 5.13 Å². The van der Waals surface area contributed by atoms with Gasteiger partial charge in [0, 0.05) is 51.5 Å². The van der Waals surface area contributed by atoms with Crippen molar-refractivity contribution in [3.8, 4) is 11.8 Å². The number of aromatic nitrogens is 1. The molecule has 0 radical (unpaired) electrons. The van der Waals surface area contributed by atoms with Gasteiger partial charge in [-0.3, -0.25) is 4.79 Å². The lowest BCUT2D eigenvalue weighted by molar-refractivity contribution is -0.116. The Morgan fingerprint density at radius 1 is 1.30 bits per heavy atom. The Bertz CT molecular complexity index is 888. The van der Waals surface area contributed by atoms with E-state index in [1.807, 2.05) is 0 Å². The molecule has 27 heavy (non-hydrogen) atoms. The largest absolute Gasteiger partial charge is 0.346 e. The third kappa shape index (κ3) is 5.38. The molecule has 1 saturated heterocycles. The van der Waals surface area contributed by atoms with Gasteiger partial charge in [-0.25, -0.2) is 4.98 Å². The summed E-state index contributed by atoms with van der Waals surface area (Å²) in [6, 6.07) is 5.06. The molecule has 3 rings (SSSR count). The molecule has 1 amide bonds. The predicted octanol–water partition coefficient (Wildman–Crippen LogP) is 4.49. The van der Waals surface area contributed by atoms with Crippen molar-refractivity contribution in [2.75, 3.05) is 18.0 Å². The van der Waals surface area contributed by atoms with Crippen molar-refractivity contribution in [2.45, 2.75) is 38.6 Å². The van der Waals surface area contributed by atoms with E-state index in [2.05, 4.69) is 48.2 Å². The molecule has 1 aliphatic rings. The summed E-state index contributed by atoms with van der Waals surface area (Å²) in [4.78, 5) is 19.1. The van der Waals surface area contributed by atoms with Gasteiger partial charge < -0.3 is 10.2 Å². The molecule has 1 atom stereocenters. The van der Waals surface area contributed by atoms with Crippen molar-refractivity contribution in [3.63, 3.8) is 0 Å². The highest BCUT2D eigenvalue weighted by atomic mass is 35.5. The minimum atomic E-state index is -0.299. The van der Waals surface area contributed by atoms with Crippen LogP contribution < -0.4 is 10.2 Å². The second-order valence-corrected chi connectivity index (χ2v) is 9.29. The number of rotatable bonds is 2. The van der Waals surface area contributed by atoms with Crippen molar-refractivity contribution >= 4 is 45.6 Å². The summed E-state index contributed by atoms with van der Waals surface area (Å²) >= 11 is 13.5. The van der Waals surface area contributed by atoms with Crippen LogP contribution >= 0.6 is 34.5 Å². The summed E-state index contributed by atoms with van der Waals surface area (Å²) in [5.41, 5.74) is 1.76. The smallest absolute Gasteiger partial charge is 0.296 e. The average Bonchev–Trinajstić information content (AvgIpc) is 3.20. The number of halogens is 2. The molecule has 1 fully saturated rings. The van der Waals surface area contributed by atoms with Crippen molar-refractivity contribution < 1.29 is 4.79 Å². The highest BCUT2D eigenvalue weighted by Crippen LogP contribution is 2.30. The average molecular weight is 422 g/mol. The van der Waals surface area contributed by atoms with Crippen LogP contribution in [0.3, 0.4) is 0 Å². The standard InChI is InChI=1S/C20H21Cl2N3OS/c1-20(2,3)17-12-27-19(24-17)25-7-6-16(11-25)23-18(26)5-4-13-8-14(21)10-15(22)9-13/h8-10,12,16H,6-7,11H2,1-3H3,(H,23,26). The van der Waals surface area contributed by atoms with E-state index in [0.29, 0.717) is 15.6 Å². The summed E-state index contributed by atoms with van der Waals surface area (Å²) in [5.74, 6) is 5.12. The number of anilines is 1.